The Morgan fingerprint density at radius 1 is 1.10 bits per heavy atom. The Hall–Kier alpha value is -1.62. The van der Waals surface area contributed by atoms with Crippen LogP contribution >= 0.6 is 15.9 Å². The molecule has 2 heterocycles. The minimum absolute atomic E-state index is 0.802. The largest absolute Gasteiger partial charge is 0.356 e. The average Bonchev–Trinajstić information content (AvgIpc) is 2.95. The van der Waals surface area contributed by atoms with Crippen molar-refractivity contribution >= 4 is 33.3 Å². The maximum atomic E-state index is 4.56. The summed E-state index contributed by atoms with van der Waals surface area (Å²) in [7, 11) is 0. The Morgan fingerprint density at radius 3 is 2.57 bits per heavy atom. The zero-order chi connectivity index (χ0) is 14.8. The summed E-state index contributed by atoms with van der Waals surface area (Å²) in [6.45, 7) is 6.21. The third-order valence-electron chi connectivity index (χ3n) is 3.71. The summed E-state index contributed by atoms with van der Waals surface area (Å²) < 4.78 is 1.09. The van der Waals surface area contributed by atoms with Gasteiger partial charge in [-0.15, -0.1) is 0 Å². The molecule has 1 saturated heterocycles. The van der Waals surface area contributed by atoms with Crippen LogP contribution in [0.4, 0.5) is 17.3 Å². The lowest BCUT2D eigenvalue weighted by Gasteiger charge is -2.18. The molecule has 1 aromatic carbocycles. The van der Waals surface area contributed by atoms with Crippen LogP contribution < -0.4 is 10.2 Å². The third kappa shape index (κ3) is 3.35. The molecule has 5 heteroatoms. The first kappa shape index (κ1) is 14.3. The van der Waals surface area contributed by atoms with Gasteiger partial charge in [0.05, 0.1) is 0 Å². The molecule has 1 aromatic heterocycles. The molecule has 0 saturated carbocycles. The van der Waals surface area contributed by atoms with Crippen LogP contribution in [-0.2, 0) is 0 Å². The smallest absolute Gasteiger partial charge is 0.136 e. The van der Waals surface area contributed by atoms with Crippen LogP contribution in [0.5, 0.6) is 0 Å². The zero-order valence-electron chi connectivity index (χ0n) is 12.4. The molecular formula is C16H19BrN4. The standard InChI is InChI=1S/C16H19BrN4/c1-11-9-13(17)5-6-14(11)20-15-10-16(19-12(2)18-15)21-7-3-4-8-21/h5-6,9-10H,3-4,7-8H2,1-2H3,(H,18,19,20). The monoisotopic (exact) mass is 346 g/mol. The van der Waals surface area contributed by atoms with Crippen LogP contribution in [0.1, 0.15) is 24.2 Å². The number of aromatic nitrogens is 2. The second kappa shape index (κ2) is 6.02. The van der Waals surface area contributed by atoms with E-state index < -0.39 is 0 Å². The van der Waals surface area contributed by atoms with E-state index in [2.05, 4.69) is 55.2 Å². The van der Waals surface area contributed by atoms with Crippen LogP contribution in [0.25, 0.3) is 0 Å². The lowest BCUT2D eigenvalue weighted by molar-refractivity contribution is 0.911. The van der Waals surface area contributed by atoms with Crippen LogP contribution in [0.2, 0.25) is 0 Å². The highest BCUT2D eigenvalue weighted by Crippen LogP contribution is 2.25. The van der Waals surface area contributed by atoms with E-state index in [1.54, 1.807) is 0 Å². The second-order valence-electron chi connectivity index (χ2n) is 5.44. The molecule has 1 aliphatic rings. The van der Waals surface area contributed by atoms with Crippen molar-refractivity contribution in [2.24, 2.45) is 0 Å². The number of benzene rings is 1. The van der Waals surface area contributed by atoms with E-state index >= 15 is 0 Å². The Kier molecular flexibility index (Phi) is 4.10. The second-order valence-corrected chi connectivity index (χ2v) is 6.35. The molecule has 0 aliphatic carbocycles. The van der Waals surface area contributed by atoms with Gasteiger partial charge in [-0.1, -0.05) is 15.9 Å². The van der Waals surface area contributed by atoms with Crippen molar-refractivity contribution in [3.63, 3.8) is 0 Å². The van der Waals surface area contributed by atoms with Gasteiger partial charge in [0, 0.05) is 29.3 Å². The molecule has 21 heavy (non-hydrogen) atoms. The van der Waals surface area contributed by atoms with E-state index in [-0.39, 0.29) is 0 Å². The Labute approximate surface area is 133 Å². The van der Waals surface area contributed by atoms with E-state index in [4.69, 9.17) is 0 Å². The normalized spacial score (nSPS) is 14.5. The fourth-order valence-corrected chi connectivity index (χ4v) is 3.11. The molecule has 1 N–H and O–H groups in total. The highest BCUT2D eigenvalue weighted by atomic mass is 79.9. The summed E-state index contributed by atoms with van der Waals surface area (Å²) in [5.41, 5.74) is 2.26. The van der Waals surface area contributed by atoms with Crippen LogP contribution in [-0.4, -0.2) is 23.1 Å². The summed E-state index contributed by atoms with van der Waals surface area (Å²) in [6.07, 6.45) is 2.50. The molecular weight excluding hydrogens is 328 g/mol. The SMILES string of the molecule is Cc1nc(Nc2ccc(Br)cc2C)cc(N2CCCC2)n1. The number of anilines is 3. The maximum absolute atomic E-state index is 4.56. The lowest BCUT2D eigenvalue weighted by atomic mass is 10.2. The molecule has 1 fully saturated rings. The Morgan fingerprint density at radius 2 is 1.86 bits per heavy atom. The zero-order valence-corrected chi connectivity index (χ0v) is 13.9. The first-order chi connectivity index (χ1) is 10.1. The van der Waals surface area contributed by atoms with Gasteiger partial charge >= 0.3 is 0 Å². The highest BCUT2D eigenvalue weighted by Gasteiger charge is 2.15. The van der Waals surface area contributed by atoms with Crippen molar-refractivity contribution in [1.29, 1.82) is 0 Å². The molecule has 0 radical (unpaired) electrons. The molecule has 3 rings (SSSR count). The van der Waals surface area contributed by atoms with Crippen molar-refractivity contribution in [2.75, 3.05) is 23.3 Å². The molecule has 0 atom stereocenters. The van der Waals surface area contributed by atoms with Gasteiger partial charge in [0.25, 0.3) is 0 Å². The molecule has 1 aliphatic heterocycles. The van der Waals surface area contributed by atoms with Crippen molar-refractivity contribution in [1.82, 2.24) is 9.97 Å². The summed E-state index contributed by atoms with van der Waals surface area (Å²) in [6, 6.07) is 8.23. The van der Waals surface area contributed by atoms with Crippen molar-refractivity contribution < 1.29 is 0 Å². The number of hydrogen-bond acceptors (Lipinski definition) is 4. The first-order valence-electron chi connectivity index (χ1n) is 7.25. The topological polar surface area (TPSA) is 41.1 Å². The number of nitrogens with zero attached hydrogens (tertiary/aromatic N) is 3. The van der Waals surface area contributed by atoms with Crippen LogP contribution in [0, 0.1) is 13.8 Å². The quantitative estimate of drug-likeness (QED) is 0.904. The van der Waals surface area contributed by atoms with Gasteiger partial charge in [0.2, 0.25) is 0 Å². The van der Waals surface area contributed by atoms with Crippen molar-refractivity contribution in [3.05, 3.63) is 40.1 Å². The average molecular weight is 347 g/mol. The summed E-state index contributed by atoms with van der Waals surface area (Å²) in [4.78, 5) is 11.4. The van der Waals surface area contributed by atoms with Gasteiger partial charge in [-0.2, -0.15) is 0 Å². The molecule has 0 unspecified atom stereocenters. The van der Waals surface area contributed by atoms with Gasteiger partial charge in [0.15, 0.2) is 0 Å². The molecule has 2 aromatic rings. The summed E-state index contributed by atoms with van der Waals surface area (Å²) in [5, 5.41) is 3.41. The number of nitrogens with one attached hydrogen (secondary N) is 1. The van der Waals surface area contributed by atoms with Gasteiger partial charge in [-0.05, 0) is 50.5 Å². The molecule has 110 valence electrons. The predicted molar refractivity (Wildman–Crippen MR) is 90.4 cm³/mol. The van der Waals surface area contributed by atoms with Gasteiger partial charge < -0.3 is 10.2 Å². The first-order valence-corrected chi connectivity index (χ1v) is 8.05. The minimum Gasteiger partial charge on any atom is -0.356 e. The van der Waals surface area contributed by atoms with Crippen molar-refractivity contribution in [2.45, 2.75) is 26.7 Å². The number of halogens is 1. The van der Waals surface area contributed by atoms with Gasteiger partial charge in [-0.25, -0.2) is 9.97 Å². The van der Waals surface area contributed by atoms with E-state index in [1.807, 2.05) is 19.1 Å². The Balaban J connectivity index is 1.87. The highest BCUT2D eigenvalue weighted by molar-refractivity contribution is 9.10. The molecule has 0 spiro atoms. The van der Waals surface area contributed by atoms with Crippen molar-refractivity contribution in [3.8, 4) is 0 Å². The lowest BCUT2D eigenvalue weighted by Crippen LogP contribution is -2.19. The summed E-state index contributed by atoms with van der Waals surface area (Å²) in [5.74, 6) is 2.68. The number of aryl methyl sites for hydroxylation is 2. The van der Waals surface area contributed by atoms with E-state index in [0.717, 1.165) is 40.7 Å². The third-order valence-corrected chi connectivity index (χ3v) is 4.20. The number of rotatable bonds is 3. The predicted octanol–water partition coefficient (Wildman–Crippen LogP) is 4.20. The van der Waals surface area contributed by atoms with Gasteiger partial charge in [-0.3, -0.25) is 0 Å². The maximum Gasteiger partial charge on any atom is 0.136 e. The van der Waals surface area contributed by atoms with E-state index in [1.165, 1.54) is 18.4 Å². The molecule has 4 nitrogen and oxygen atoms in total. The minimum atomic E-state index is 0.802. The molecule has 0 amide bonds. The van der Waals surface area contributed by atoms with Crippen LogP contribution in [0.3, 0.4) is 0 Å². The van der Waals surface area contributed by atoms with Gasteiger partial charge in [0.1, 0.15) is 17.5 Å². The summed E-state index contributed by atoms with van der Waals surface area (Å²) >= 11 is 3.49. The Bertz CT molecular complexity index is 651. The fourth-order valence-electron chi connectivity index (χ4n) is 2.63. The fraction of sp³-hybridized carbons (Fsp3) is 0.375. The number of hydrogen-bond donors (Lipinski definition) is 1. The molecule has 0 bridgehead atoms. The van der Waals surface area contributed by atoms with Crippen LogP contribution in [0.15, 0.2) is 28.7 Å². The van der Waals surface area contributed by atoms with E-state index in [0.29, 0.717) is 0 Å². The van der Waals surface area contributed by atoms with E-state index in [9.17, 15) is 0 Å².